The molecule has 2 aromatic heterocycles. The Morgan fingerprint density at radius 3 is 2.32 bits per heavy atom. The second-order valence-corrected chi connectivity index (χ2v) is 7.40. The lowest BCUT2D eigenvalue weighted by atomic mass is 10.2. The van der Waals surface area contributed by atoms with Gasteiger partial charge in [-0.2, -0.15) is 0 Å². The van der Waals surface area contributed by atoms with Crippen LogP contribution in [0.1, 0.15) is 5.56 Å². The van der Waals surface area contributed by atoms with Crippen LogP contribution in [0.25, 0.3) is 22.4 Å². The number of aromatic nitrogens is 3. The molecule has 0 saturated carbocycles. The predicted octanol–water partition coefficient (Wildman–Crippen LogP) is 4.33. The zero-order valence-corrected chi connectivity index (χ0v) is 15.5. The van der Waals surface area contributed by atoms with Crippen LogP contribution >= 0.6 is 46.1 Å². The molecule has 0 spiro atoms. The number of benzene rings is 2. The van der Waals surface area contributed by atoms with Gasteiger partial charge in [-0.15, -0.1) is 10.2 Å². The van der Waals surface area contributed by atoms with Crippen molar-refractivity contribution in [3.8, 4) is 11.4 Å². The normalized spacial score (nSPS) is 12.2. The van der Waals surface area contributed by atoms with Gasteiger partial charge >= 0.3 is 0 Å². The van der Waals surface area contributed by atoms with Crippen molar-refractivity contribution >= 4 is 57.2 Å². The summed E-state index contributed by atoms with van der Waals surface area (Å²) in [5.41, 5.74) is 1.00. The van der Waals surface area contributed by atoms with Gasteiger partial charge in [-0.25, -0.2) is 4.40 Å². The lowest BCUT2D eigenvalue weighted by molar-refractivity contribution is 1.09. The summed E-state index contributed by atoms with van der Waals surface area (Å²) in [5, 5.41) is 9.65. The van der Waals surface area contributed by atoms with Gasteiger partial charge in [-0.05, 0) is 30.3 Å². The molecular formula is C17H8Cl3N3OS. The largest absolute Gasteiger partial charge is 0.276 e. The van der Waals surface area contributed by atoms with E-state index in [0.717, 1.165) is 0 Å². The smallest absolute Gasteiger partial charge is 0.267 e. The van der Waals surface area contributed by atoms with E-state index >= 15 is 0 Å². The Kier molecular flexibility index (Phi) is 4.25. The molecule has 0 fully saturated rings. The molecular weight excluding hydrogens is 401 g/mol. The Morgan fingerprint density at radius 2 is 1.60 bits per heavy atom. The summed E-state index contributed by atoms with van der Waals surface area (Å²) in [7, 11) is 0. The van der Waals surface area contributed by atoms with E-state index in [4.69, 9.17) is 34.8 Å². The molecule has 0 saturated heterocycles. The standard InChI is InChI=1S/C17H8Cl3N3OS/c18-11-5-2-1-4-9(11)15-21-22-17-23(15)16(24)14(25-17)8-10-12(19)6-3-7-13(10)20/h1-8H/b14-8-. The predicted molar refractivity (Wildman–Crippen MR) is 103 cm³/mol. The van der Waals surface area contributed by atoms with Crippen molar-refractivity contribution < 1.29 is 0 Å². The van der Waals surface area contributed by atoms with E-state index in [9.17, 15) is 4.79 Å². The van der Waals surface area contributed by atoms with Crippen molar-refractivity contribution in [1.82, 2.24) is 14.6 Å². The summed E-state index contributed by atoms with van der Waals surface area (Å²) in [6.07, 6.45) is 1.67. The fourth-order valence-corrected chi connectivity index (χ4v) is 4.08. The highest BCUT2D eigenvalue weighted by Crippen LogP contribution is 2.27. The van der Waals surface area contributed by atoms with E-state index in [-0.39, 0.29) is 5.56 Å². The minimum absolute atomic E-state index is 0.240. The number of fused-ring (bicyclic) bond motifs is 1. The lowest BCUT2D eigenvalue weighted by Gasteiger charge is -2.00. The summed E-state index contributed by atoms with van der Waals surface area (Å²) < 4.78 is 1.91. The Bertz CT molecular complexity index is 1200. The van der Waals surface area contributed by atoms with Crippen molar-refractivity contribution in [3.05, 3.63) is 78.0 Å². The highest BCUT2D eigenvalue weighted by atomic mass is 35.5. The third-order valence-corrected chi connectivity index (χ3v) is 5.59. The molecule has 4 nitrogen and oxygen atoms in total. The van der Waals surface area contributed by atoms with Gasteiger partial charge in [0.1, 0.15) is 0 Å². The van der Waals surface area contributed by atoms with Crippen LogP contribution in [0.15, 0.2) is 47.3 Å². The van der Waals surface area contributed by atoms with Gasteiger partial charge in [0.2, 0.25) is 4.96 Å². The van der Waals surface area contributed by atoms with Gasteiger partial charge in [-0.1, -0.05) is 64.3 Å². The molecule has 4 rings (SSSR count). The summed E-state index contributed by atoms with van der Waals surface area (Å²) in [6.45, 7) is 0. The molecule has 4 aromatic rings. The van der Waals surface area contributed by atoms with Gasteiger partial charge in [0.15, 0.2) is 5.82 Å². The van der Waals surface area contributed by atoms with Gasteiger partial charge in [0, 0.05) is 21.2 Å². The molecule has 0 aliphatic heterocycles. The number of nitrogens with zero attached hydrogens (tertiary/aromatic N) is 3. The maximum atomic E-state index is 12.9. The van der Waals surface area contributed by atoms with Crippen molar-refractivity contribution in [2.75, 3.05) is 0 Å². The van der Waals surface area contributed by atoms with E-state index in [1.54, 1.807) is 36.4 Å². The molecule has 124 valence electrons. The average molecular weight is 409 g/mol. The Hall–Kier alpha value is -1.92. The quantitative estimate of drug-likeness (QED) is 0.496. The van der Waals surface area contributed by atoms with Crippen molar-refractivity contribution in [2.45, 2.75) is 0 Å². The Labute approximate surface area is 160 Å². The molecule has 8 heteroatoms. The molecule has 0 N–H and O–H groups in total. The third kappa shape index (κ3) is 2.83. The zero-order valence-electron chi connectivity index (χ0n) is 12.4. The fourth-order valence-electron chi connectivity index (χ4n) is 2.46. The van der Waals surface area contributed by atoms with E-state index in [2.05, 4.69) is 10.2 Å². The number of hydrogen-bond donors (Lipinski definition) is 0. The van der Waals surface area contributed by atoms with Crippen LogP contribution in [-0.2, 0) is 0 Å². The third-order valence-electron chi connectivity index (χ3n) is 3.64. The zero-order chi connectivity index (χ0) is 17.6. The first kappa shape index (κ1) is 16.5. The molecule has 25 heavy (non-hydrogen) atoms. The second kappa shape index (κ2) is 6.42. The van der Waals surface area contributed by atoms with E-state index in [1.165, 1.54) is 15.7 Å². The molecule has 0 unspecified atom stereocenters. The van der Waals surface area contributed by atoms with E-state index < -0.39 is 0 Å². The molecule has 0 amide bonds. The minimum Gasteiger partial charge on any atom is -0.267 e. The van der Waals surface area contributed by atoms with Crippen LogP contribution in [-0.4, -0.2) is 14.6 Å². The molecule has 0 atom stereocenters. The topological polar surface area (TPSA) is 47.3 Å². The van der Waals surface area contributed by atoms with Gasteiger partial charge in [0.05, 0.1) is 9.55 Å². The molecule has 2 heterocycles. The Morgan fingerprint density at radius 1 is 0.920 bits per heavy atom. The molecule has 0 aliphatic carbocycles. The second-order valence-electron chi connectivity index (χ2n) is 5.17. The maximum Gasteiger partial charge on any atom is 0.276 e. The SMILES string of the molecule is O=c1/c(=C/c2c(Cl)cccc2Cl)sc2nnc(-c3ccccc3Cl)n12. The first-order valence-electron chi connectivity index (χ1n) is 7.15. The number of hydrogen-bond acceptors (Lipinski definition) is 4. The first-order chi connectivity index (χ1) is 12.1. The van der Waals surface area contributed by atoms with Crippen molar-refractivity contribution in [1.29, 1.82) is 0 Å². The highest BCUT2D eigenvalue weighted by molar-refractivity contribution is 7.15. The van der Waals surface area contributed by atoms with E-state index in [0.29, 0.717) is 41.5 Å². The molecule has 0 bridgehead atoms. The molecule has 2 aromatic carbocycles. The summed E-state index contributed by atoms with van der Waals surface area (Å²) in [4.78, 5) is 13.3. The van der Waals surface area contributed by atoms with Crippen LogP contribution in [0.2, 0.25) is 15.1 Å². The van der Waals surface area contributed by atoms with E-state index in [1.807, 2.05) is 12.1 Å². The molecule has 0 aliphatic rings. The van der Waals surface area contributed by atoms with Gasteiger partial charge in [-0.3, -0.25) is 4.79 Å². The summed E-state index contributed by atoms with van der Waals surface area (Å²) in [6, 6.07) is 12.4. The van der Waals surface area contributed by atoms with Crippen LogP contribution < -0.4 is 10.1 Å². The fraction of sp³-hybridized carbons (Fsp3) is 0. The number of thiazole rings is 1. The summed E-state index contributed by atoms with van der Waals surface area (Å²) >= 11 is 19.8. The maximum absolute atomic E-state index is 12.9. The minimum atomic E-state index is -0.240. The van der Waals surface area contributed by atoms with Crippen LogP contribution in [0.3, 0.4) is 0 Å². The Balaban J connectivity index is 1.98. The van der Waals surface area contributed by atoms with Crippen molar-refractivity contribution in [3.63, 3.8) is 0 Å². The van der Waals surface area contributed by atoms with Gasteiger partial charge in [0.25, 0.3) is 5.56 Å². The number of halogens is 3. The summed E-state index contributed by atoms with van der Waals surface area (Å²) in [5.74, 6) is 0.409. The highest BCUT2D eigenvalue weighted by Gasteiger charge is 2.16. The average Bonchev–Trinajstić information content (AvgIpc) is 3.13. The van der Waals surface area contributed by atoms with Crippen LogP contribution in [0, 0.1) is 0 Å². The van der Waals surface area contributed by atoms with Crippen molar-refractivity contribution in [2.24, 2.45) is 0 Å². The van der Waals surface area contributed by atoms with Gasteiger partial charge < -0.3 is 0 Å². The van der Waals surface area contributed by atoms with Crippen LogP contribution in [0.5, 0.6) is 0 Å². The molecule has 0 radical (unpaired) electrons. The lowest BCUT2D eigenvalue weighted by Crippen LogP contribution is -2.23. The first-order valence-corrected chi connectivity index (χ1v) is 9.10. The number of rotatable bonds is 2. The monoisotopic (exact) mass is 407 g/mol. The van der Waals surface area contributed by atoms with Crippen LogP contribution in [0.4, 0.5) is 0 Å².